The molecule has 0 amide bonds. The van der Waals surface area contributed by atoms with Crippen LogP contribution in [0, 0.1) is 5.82 Å². The summed E-state index contributed by atoms with van der Waals surface area (Å²) in [5.74, 6) is 0.374. The predicted octanol–water partition coefficient (Wildman–Crippen LogP) is 3.50. The van der Waals surface area contributed by atoms with E-state index in [2.05, 4.69) is 18.7 Å². The number of halogens is 1. The number of carbonyl (C=O) groups is 1. The van der Waals surface area contributed by atoms with Crippen LogP contribution < -0.4 is 0 Å². The Bertz CT molecular complexity index is 487. The van der Waals surface area contributed by atoms with Crippen LogP contribution in [0.3, 0.4) is 0 Å². The summed E-state index contributed by atoms with van der Waals surface area (Å²) in [6.07, 6.45) is 2.49. The van der Waals surface area contributed by atoms with Gasteiger partial charge in [0, 0.05) is 24.1 Å². The zero-order valence-corrected chi connectivity index (χ0v) is 13.3. The lowest BCUT2D eigenvalue weighted by Crippen LogP contribution is -2.25. The van der Waals surface area contributed by atoms with Crippen LogP contribution in [0.2, 0.25) is 0 Å². The molecule has 0 aliphatic rings. The number of carboxylic acid groups (broad SMARTS) is 1. The molecule has 0 aliphatic heterocycles. The molecule has 0 atom stereocenters. The fourth-order valence-electron chi connectivity index (χ4n) is 1.93. The number of nitrogens with zero attached hydrogens (tertiary/aromatic N) is 1. The summed E-state index contributed by atoms with van der Waals surface area (Å²) in [5.41, 5.74) is 1.59. The summed E-state index contributed by atoms with van der Waals surface area (Å²) in [5, 5.41) is 8.67. The smallest absolute Gasteiger partial charge is 0.328 e. The van der Waals surface area contributed by atoms with Crippen molar-refractivity contribution < 1.29 is 14.3 Å². The van der Waals surface area contributed by atoms with Gasteiger partial charge in [-0.05, 0) is 42.4 Å². The number of hydrogen-bond donors (Lipinski definition) is 1. The third kappa shape index (κ3) is 6.78. The number of thioether (sulfide) groups is 1. The van der Waals surface area contributed by atoms with Crippen molar-refractivity contribution in [2.45, 2.75) is 19.6 Å². The van der Waals surface area contributed by atoms with E-state index in [-0.39, 0.29) is 5.82 Å². The Balaban J connectivity index is 2.60. The van der Waals surface area contributed by atoms with E-state index < -0.39 is 5.97 Å². The van der Waals surface area contributed by atoms with Crippen LogP contribution in [0.25, 0.3) is 6.08 Å². The third-order valence-electron chi connectivity index (χ3n) is 3.22. The topological polar surface area (TPSA) is 40.5 Å². The molecule has 116 valence electrons. The zero-order chi connectivity index (χ0) is 15.7. The third-order valence-corrected chi connectivity index (χ3v) is 4.20. The van der Waals surface area contributed by atoms with E-state index in [4.69, 9.17) is 5.11 Å². The Labute approximate surface area is 129 Å². The first-order valence-electron chi connectivity index (χ1n) is 7.06. The van der Waals surface area contributed by atoms with Gasteiger partial charge in [-0.25, -0.2) is 9.18 Å². The quantitative estimate of drug-likeness (QED) is 0.560. The van der Waals surface area contributed by atoms with Crippen LogP contribution in [0.1, 0.15) is 25.0 Å². The van der Waals surface area contributed by atoms with Crippen molar-refractivity contribution in [2.24, 2.45) is 0 Å². The molecule has 5 heteroatoms. The zero-order valence-electron chi connectivity index (χ0n) is 12.5. The van der Waals surface area contributed by atoms with Gasteiger partial charge in [0.05, 0.1) is 0 Å². The number of rotatable bonds is 9. The fourth-order valence-corrected chi connectivity index (χ4v) is 2.94. The van der Waals surface area contributed by atoms with E-state index in [9.17, 15) is 9.18 Å². The van der Waals surface area contributed by atoms with Gasteiger partial charge >= 0.3 is 5.97 Å². The molecule has 1 rings (SSSR count). The van der Waals surface area contributed by atoms with Crippen LogP contribution in [0.5, 0.6) is 0 Å². The highest BCUT2D eigenvalue weighted by Crippen LogP contribution is 2.19. The molecule has 1 aromatic carbocycles. The molecule has 3 nitrogen and oxygen atoms in total. The summed E-state index contributed by atoms with van der Waals surface area (Å²) in [6, 6.07) is 4.51. The van der Waals surface area contributed by atoms with Gasteiger partial charge in [0.25, 0.3) is 0 Å². The Hall–Kier alpha value is -1.33. The number of benzene rings is 1. The molecule has 0 aromatic heterocycles. The Kier molecular flexibility index (Phi) is 8.08. The van der Waals surface area contributed by atoms with E-state index in [0.29, 0.717) is 5.56 Å². The molecule has 0 unspecified atom stereocenters. The predicted molar refractivity (Wildman–Crippen MR) is 87.0 cm³/mol. The van der Waals surface area contributed by atoms with Crippen LogP contribution >= 0.6 is 11.8 Å². The second-order valence-corrected chi connectivity index (χ2v) is 5.70. The van der Waals surface area contributed by atoms with Gasteiger partial charge in [0.2, 0.25) is 0 Å². The first-order chi connectivity index (χ1) is 10.1. The van der Waals surface area contributed by atoms with Crippen molar-refractivity contribution in [1.29, 1.82) is 0 Å². The molecule has 0 fully saturated rings. The molecular formula is C16H22FNO2S. The van der Waals surface area contributed by atoms with Crippen LogP contribution in [-0.4, -0.2) is 41.4 Å². The number of aliphatic carboxylic acids is 1. The first kappa shape index (κ1) is 17.7. The SMILES string of the molecule is CCN(CC)CCSCc1ccc(F)cc1C=CC(=O)O. The average molecular weight is 311 g/mol. The number of hydrogen-bond acceptors (Lipinski definition) is 3. The van der Waals surface area contributed by atoms with Crippen LogP contribution in [0.4, 0.5) is 4.39 Å². The van der Waals surface area contributed by atoms with Gasteiger partial charge in [-0.15, -0.1) is 0 Å². The normalized spacial score (nSPS) is 11.4. The minimum Gasteiger partial charge on any atom is -0.478 e. The lowest BCUT2D eigenvalue weighted by molar-refractivity contribution is -0.131. The van der Waals surface area contributed by atoms with Gasteiger partial charge in [0.15, 0.2) is 0 Å². The Morgan fingerprint density at radius 2 is 2.10 bits per heavy atom. The standard InChI is InChI=1S/C16H22FNO2S/c1-3-18(4-2)9-10-21-12-14-5-7-15(17)11-13(14)6-8-16(19)20/h5-8,11H,3-4,9-10,12H2,1-2H3,(H,19,20). The molecule has 1 N–H and O–H groups in total. The Morgan fingerprint density at radius 1 is 1.38 bits per heavy atom. The van der Waals surface area contributed by atoms with Crippen molar-refractivity contribution >= 4 is 23.8 Å². The van der Waals surface area contributed by atoms with Crippen molar-refractivity contribution in [1.82, 2.24) is 4.90 Å². The van der Waals surface area contributed by atoms with E-state index in [1.807, 2.05) is 0 Å². The maximum absolute atomic E-state index is 13.3. The summed E-state index contributed by atoms with van der Waals surface area (Å²) >= 11 is 1.77. The van der Waals surface area contributed by atoms with Gasteiger partial charge in [-0.2, -0.15) is 11.8 Å². The molecule has 0 bridgehead atoms. The lowest BCUT2D eigenvalue weighted by Gasteiger charge is -2.17. The van der Waals surface area contributed by atoms with Gasteiger partial charge < -0.3 is 10.0 Å². The Morgan fingerprint density at radius 3 is 2.71 bits per heavy atom. The van der Waals surface area contributed by atoms with E-state index in [1.165, 1.54) is 18.2 Å². The van der Waals surface area contributed by atoms with Crippen molar-refractivity contribution in [3.8, 4) is 0 Å². The van der Waals surface area contributed by atoms with Crippen molar-refractivity contribution in [3.63, 3.8) is 0 Å². The maximum Gasteiger partial charge on any atom is 0.328 e. The van der Waals surface area contributed by atoms with Crippen LogP contribution in [0.15, 0.2) is 24.3 Å². The summed E-state index contributed by atoms with van der Waals surface area (Å²) in [6.45, 7) is 7.39. The van der Waals surface area contributed by atoms with E-state index in [0.717, 1.165) is 42.8 Å². The van der Waals surface area contributed by atoms with E-state index >= 15 is 0 Å². The minimum atomic E-state index is -1.03. The lowest BCUT2D eigenvalue weighted by atomic mass is 10.1. The average Bonchev–Trinajstić information content (AvgIpc) is 2.46. The van der Waals surface area contributed by atoms with Crippen molar-refractivity contribution in [3.05, 3.63) is 41.2 Å². The summed E-state index contributed by atoms with van der Waals surface area (Å²) < 4.78 is 13.3. The molecule has 0 saturated carbocycles. The minimum absolute atomic E-state index is 0.350. The maximum atomic E-state index is 13.3. The van der Waals surface area contributed by atoms with Crippen molar-refractivity contribution in [2.75, 3.05) is 25.4 Å². The molecule has 21 heavy (non-hydrogen) atoms. The highest BCUT2D eigenvalue weighted by atomic mass is 32.2. The number of carboxylic acids is 1. The molecular weight excluding hydrogens is 289 g/mol. The second kappa shape index (κ2) is 9.58. The monoisotopic (exact) mass is 311 g/mol. The second-order valence-electron chi connectivity index (χ2n) is 4.59. The molecule has 1 aromatic rings. The largest absolute Gasteiger partial charge is 0.478 e. The molecule has 0 aliphatic carbocycles. The van der Waals surface area contributed by atoms with Gasteiger partial charge in [-0.1, -0.05) is 19.9 Å². The fraction of sp³-hybridized carbons (Fsp3) is 0.438. The van der Waals surface area contributed by atoms with Gasteiger partial charge in [0.1, 0.15) is 5.82 Å². The van der Waals surface area contributed by atoms with Gasteiger partial charge in [-0.3, -0.25) is 0 Å². The summed E-state index contributed by atoms with van der Waals surface area (Å²) in [4.78, 5) is 12.9. The highest BCUT2D eigenvalue weighted by molar-refractivity contribution is 7.98. The summed E-state index contributed by atoms with van der Waals surface area (Å²) in [7, 11) is 0. The molecule has 0 radical (unpaired) electrons. The molecule has 0 spiro atoms. The highest BCUT2D eigenvalue weighted by Gasteiger charge is 2.04. The van der Waals surface area contributed by atoms with E-state index in [1.54, 1.807) is 17.8 Å². The van der Waals surface area contributed by atoms with Crippen LogP contribution in [-0.2, 0) is 10.5 Å². The molecule has 0 saturated heterocycles. The molecule has 0 heterocycles. The first-order valence-corrected chi connectivity index (χ1v) is 8.21.